The van der Waals surface area contributed by atoms with Crippen molar-refractivity contribution < 1.29 is 38.1 Å². The van der Waals surface area contributed by atoms with E-state index in [1.54, 1.807) is 34.0 Å². The number of carbonyl (C=O) groups is 4. The zero-order chi connectivity index (χ0) is 23.4. The lowest BCUT2D eigenvalue weighted by Crippen LogP contribution is -2.22. The van der Waals surface area contributed by atoms with E-state index in [1.165, 1.54) is 17.0 Å². The van der Waals surface area contributed by atoms with Crippen LogP contribution in [-0.4, -0.2) is 62.8 Å². The van der Waals surface area contributed by atoms with Gasteiger partial charge in [-0.25, -0.2) is 9.59 Å². The average molecular weight is 462 g/mol. The highest BCUT2D eigenvalue weighted by Gasteiger charge is 2.27. The van der Waals surface area contributed by atoms with E-state index in [-0.39, 0.29) is 35.4 Å². The standard InChI is InChI=1S/C21H22N2O8S/c1-5-28-21(27)16-11(2)17(19(25)23(3)4)32-18(16)22-15(24)9-29-20(26)12-6-7-13-14(8-12)31-10-30-13/h6-8H,5,9-10H2,1-4H3,(H,22,24). The molecule has 0 saturated heterocycles. The average Bonchev–Trinajstić information content (AvgIpc) is 3.35. The number of fused-ring (bicyclic) bond motifs is 1. The molecule has 0 fully saturated rings. The number of hydrogen-bond donors (Lipinski definition) is 1. The first kappa shape index (κ1) is 23.1. The van der Waals surface area contributed by atoms with Crippen LogP contribution in [-0.2, 0) is 14.3 Å². The highest BCUT2D eigenvalue weighted by molar-refractivity contribution is 7.18. The van der Waals surface area contributed by atoms with Crippen molar-refractivity contribution in [3.8, 4) is 11.5 Å². The number of hydrogen-bond acceptors (Lipinski definition) is 9. The van der Waals surface area contributed by atoms with Gasteiger partial charge in [-0.05, 0) is 37.6 Å². The molecule has 1 aromatic heterocycles. The molecule has 2 heterocycles. The second-order valence-electron chi connectivity index (χ2n) is 6.87. The molecule has 0 unspecified atom stereocenters. The third-order valence-electron chi connectivity index (χ3n) is 4.42. The van der Waals surface area contributed by atoms with Gasteiger partial charge in [0, 0.05) is 14.1 Å². The van der Waals surface area contributed by atoms with Gasteiger partial charge in [-0.1, -0.05) is 0 Å². The molecule has 0 spiro atoms. The summed E-state index contributed by atoms with van der Waals surface area (Å²) in [5.74, 6) is -1.44. The molecule has 32 heavy (non-hydrogen) atoms. The number of thiophene rings is 1. The second kappa shape index (κ2) is 9.69. The van der Waals surface area contributed by atoms with Crippen molar-refractivity contribution in [1.29, 1.82) is 0 Å². The van der Waals surface area contributed by atoms with Crippen LogP contribution >= 0.6 is 11.3 Å². The number of nitrogens with one attached hydrogen (secondary N) is 1. The normalized spacial score (nSPS) is 11.6. The lowest BCUT2D eigenvalue weighted by Gasteiger charge is -2.09. The first-order chi connectivity index (χ1) is 15.2. The molecular formula is C21H22N2O8S. The Morgan fingerprint density at radius 3 is 2.50 bits per heavy atom. The number of esters is 2. The van der Waals surface area contributed by atoms with Crippen LogP contribution in [0.1, 0.15) is 42.9 Å². The maximum Gasteiger partial charge on any atom is 0.341 e. The fourth-order valence-electron chi connectivity index (χ4n) is 2.86. The van der Waals surface area contributed by atoms with E-state index in [0.717, 1.165) is 11.3 Å². The van der Waals surface area contributed by atoms with Crippen LogP contribution in [0, 0.1) is 6.92 Å². The second-order valence-corrected chi connectivity index (χ2v) is 7.89. The maximum absolute atomic E-state index is 12.4. The third-order valence-corrected chi connectivity index (χ3v) is 5.62. The number of carbonyl (C=O) groups excluding carboxylic acids is 4. The van der Waals surface area contributed by atoms with Crippen LogP contribution in [0.4, 0.5) is 5.00 Å². The van der Waals surface area contributed by atoms with Gasteiger partial charge in [0.25, 0.3) is 11.8 Å². The van der Waals surface area contributed by atoms with Gasteiger partial charge in [-0.3, -0.25) is 9.59 Å². The first-order valence-electron chi connectivity index (χ1n) is 9.61. The van der Waals surface area contributed by atoms with Crippen molar-refractivity contribution in [2.24, 2.45) is 0 Å². The van der Waals surface area contributed by atoms with Crippen molar-refractivity contribution in [3.05, 3.63) is 39.8 Å². The highest BCUT2D eigenvalue weighted by atomic mass is 32.1. The summed E-state index contributed by atoms with van der Waals surface area (Å²) in [6.07, 6.45) is 0. The van der Waals surface area contributed by atoms with Gasteiger partial charge in [0.2, 0.25) is 6.79 Å². The fourth-order valence-corrected chi connectivity index (χ4v) is 4.09. The van der Waals surface area contributed by atoms with Crippen LogP contribution in [0.5, 0.6) is 11.5 Å². The Kier molecular flexibility index (Phi) is 6.98. The molecule has 10 nitrogen and oxygen atoms in total. The van der Waals surface area contributed by atoms with E-state index in [2.05, 4.69) is 5.32 Å². The van der Waals surface area contributed by atoms with Crippen LogP contribution in [0.15, 0.2) is 18.2 Å². The van der Waals surface area contributed by atoms with Crippen LogP contribution in [0.25, 0.3) is 0 Å². The van der Waals surface area contributed by atoms with Gasteiger partial charge >= 0.3 is 11.9 Å². The predicted molar refractivity (Wildman–Crippen MR) is 115 cm³/mol. The minimum atomic E-state index is -0.727. The summed E-state index contributed by atoms with van der Waals surface area (Å²) in [6, 6.07) is 4.53. The van der Waals surface area contributed by atoms with Gasteiger partial charge in [0.05, 0.1) is 22.6 Å². The number of nitrogens with zero attached hydrogens (tertiary/aromatic N) is 1. The van der Waals surface area contributed by atoms with Crippen molar-refractivity contribution >= 4 is 40.1 Å². The summed E-state index contributed by atoms with van der Waals surface area (Å²) >= 11 is 0.954. The van der Waals surface area contributed by atoms with E-state index in [4.69, 9.17) is 18.9 Å². The van der Waals surface area contributed by atoms with E-state index < -0.39 is 24.5 Å². The van der Waals surface area contributed by atoms with E-state index >= 15 is 0 Å². The zero-order valence-corrected chi connectivity index (χ0v) is 18.8. The molecule has 0 bridgehead atoms. The van der Waals surface area contributed by atoms with Crippen molar-refractivity contribution in [2.75, 3.05) is 39.4 Å². The molecule has 1 aromatic carbocycles. The predicted octanol–water partition coefficient (Wildman–Crippen LogP) is 2.46. The topological polar surface area (TPSA) is 120 Å². The summed E-state index contributed by atoms with van der Waals surface area (Å²) < 4.78 is 20.5. The Hall–Kier alpha value is -3.60. The molecule has 0 radical (unpaired) electrons. The van der Waals surface area contributed by atoms with Crippen LogP contribution in [0.3, 0.4) is 0 Å². The molecule has 0 atom stereocenters. The maximum atomic E-state index is 12.4. The minimum absolute atomic E-state index is 0.0670. The molecule has 3 rings (SSSR count). The van der Waals surface area contributed by atoms with Gasteiger partial charge in [0.15, 0.2) is 18.1 Å². The Morgan fingerprint density at radius 2 is 1.81 bits per heavy atom. The van der Waals surface area contributed by atoms with E-state index in [0.29, 0.717) is 21.9 Å². The minimum Gasteiger partial charge on any atom is -0.462 e. The Balaban J connectivity index is 1.72. The molecule has 170 valence electrons. The molecule has 0 aliphatic carbocycles. The number of anilines is 1. The zero-order valence-electron chi connectivity index (χ0n) is 18.0. The fraction of sp³-hybridized carbons (Fsp3) is 0.333. The first-order valence-corrected chi connectivity index (χ1v) is 10.4. The Morgan fingerprint density at radius 1 is 1.09 bits per heavy atom. The quantitative estimate of drug-likeness (QED) is 0.623. The molecule has 1 aliphatic rings. The Labute approximate surface area is 188 Å². The molecule has 0 saturated carbocycles. The number of ether oxygens (including phenoxy) is 4. The van der Waals surface area contributed by atoms with E-state index in [1.807, 2.05) is 0 Å². The Bertz CT molecular complexity index is 1080. The van der Waals surface area contributed by atoms with Crippen molar-refractivity contribution in [3.63, 3.8) is 0 Å². The lowest BCUT2D eigenvalue weighted by atomic mass is 10.1. The van der Waals surface area contributed by atoms with Crippen molar-refractivity contribution in [2.45, 2.75) is 13.8 Å². The van der Waals surface area contributed by atoms with Crippen LogP contribution in [0.2, 0.25) is 0 Å². The number of rotatable bonds is 7. The molecular weight excluding hydrogens is 440 g/mol. The SMILES string of the molecule is CCOC(=O)c1c(NC(=O)COC(=O)c2ccc3c(c2)OCO3)sc(C(=O)N(C)C)c1C. The van der Waals surface area contributed by atoms with Gasteiger partial charge in [-0.2, -0.15) is 0 Å². The molecule has 1 aliphatic heterocycles. The molecule has 2 amide bonds. The summed E-state index contributed by atoms with van der Waals surface area (Å²) in [5, 5.41) is 2.69. The summed E-state index contributed by atoms with van der Waals surface area (Å²) in [7, 11) is 3.17. The van der Waals surface area contributed by atoms with Crippen molar-refractivity contribution in [1.82, 2.24) is 4.90 Å². The number of amides is 2. The van der Waals surface area contributed by atoms with Gasteiger partial charge in [0.1, 0.15) is 5.00 Å². The van der Waals surface area contributed by atoms with Gasteiger partial charge < -0.3 is 29.2 Å². The largest absolute Gasteiger partial charge is 0.462 e. The van der Waals surface area contributed by atoms with Crippen LogP contribution < -0.4 is 14.8 Å². The van der Waals surface area contributed by atoms with Gasteiger partial charge in [-0.15, -0.1) is 11.3 Å². The molecule has 11 heteroatoms. The summed E-state index contributed by atoms with van der Waals surface area (Å²) in [4.78, 5) is 51.2. The summed E-state index contributed by atoms with van der Waals surface area (Å²) in [5.41, 5.74) is 0.692. The number of benzene rings is 1. The molecule has 1 N–H and O–H groups in total. The highest BCUT2D eigenvalue weighted by Crippen LogP contribution is 2.35. The summed E-state index contributed by atoms with van der Waals surface area (Å²) in [6.45, 7) is 2.86. The van der Waals surface area contributed by atoms with E-state index in [9.17, 15) is 19.2 Å². The smallest absolute Gasteiger partial charge is 0.341 e. The third kappa shape index (κ3) is 4.83. The lowest BCUT2D eigenvalue weighted by molar-refractivity contribution is -0.119. The molecule has 2 aromatic rings. The monoisotopic (exact) mass is 462 g/mol.